The number of carbonyl (C=O) groups excluding carboxylic acids is 1. The average Bonchev–Trinajstić information content (AvgIpc) is 2.86. The third kappa shape index (κ3) is 2.94. The number of esters is 1. The molecule has 1 aliphatic rings. The highest BCUT2D eigenvalue weighted by molar-refractivity contribution is 5.97. The third-order valence-corrected chi connectivity index (χ3v) is 6.15. The second-order valence-electron chi connectivity index (χ2n) is 8.14. The SMILES string of the molecule is O=C1C[C@@H](c2cccc3cccnc23)c2c(c(O)c(O)c3c(=O)cc(-c4ccccc4)oc23)O1. The van der Waals surface area contributed by atoms with Gasteiger partial charge in [-0.05, 0) is 11.6 Å². The molecule has 0 radical (unpaired) electrons. The van der Waals surface area contributed by atoms with Gasteiger partial charge in [-0.15, -0.1) is 0 Å². The van der Waals surface area contributed by atoms with Crippen molar-refractivity contribution in [3.05, 3.63) is 94.3 Å². The first-order chi connectivity index (χ1) is 16.5. The smallest absolute Gasteiger partial charge is 0.312 e. The van der Waals surface area contributed by atoms with Gasteiger partial charge in [0.15, 0.2) is 16.9 Å². The number of rotatable bonds is 2. The summed E-state index contributed by atoms with van der Waals surface area (Å²) in [7, 11) is 0. The molecule has 0 fully saturated rings. The number of nitrogens with zero attached hydrogens (tertiary/aromatic N) is 1. The zero-order valence-corrected chi connectivity index (χ0v) is 17.7. The Morgan fingerprint density at radius 3 is 2.53 bits per heavy atom. The van der Waals surface area contributed by atoms with E-state index in [2.05, 4.69) is 4.98 Å². The van der Waals surface area contributed by atoms with E-state index in [1.807, 2.05) is 48.5 Å². The van der Waals surface area contributed by atoms with Crippen LogP contribution in [0.1, 0.15) is 23.5 Å². The molecule has 34 heavy (non-hydrogen) atoms. The van der Waals surface area contributed by atoms with E-state index in [0.29, 0.717) is 16.6 Å². The number of hydrogen-bond acceptors (Lipinski definition) is 7. The summed E-state index contributed by atoms with van der Waals surface area (Å²) in [4.78, 5) is 30.2. The van der Waals surface area contributed by atoms with Crippen molar-refractivity contribution in [2.24, 2.45) is 0 Å². The number of hydrogen-bond donors (Lipinski definition) is 2. The van der Waals surface area contributed by atoms with Crippen LogP contribution in [0.5, 0.6) is 17.2 Å². The number of benzene rings is 3. The standard InChI is InChI=1S/C27H17NO6/c29-18-13-19(14-6-2-1-3-7-14)33-26-21-17(16-10-4-8-15-9-5-11-28-23(15)16)12-20(30)34-27(21)25(32)24(31)22(18)26/h1-11,13,17,31-32H,12H2/t17-/m0/s1. The largest absolute Gasteiger partial charge is 0.504 e. The Balaban J connectivity index is 1.73. The van der Waals surface area contributed by atoms with Gasteiger partial charge in [0.25, 0.3) is 0 Å². The highest BCUT2D eigenvalue weighted by Gasteiger charge is 2.37. The molecule has 2 aromatic heterocycles. The Morgan fingerprint density at radius 2 is 1.71 bits per heavy atom. The number of ether oxygens (including phenoxy) is 1. The van der Waals surface area contributed by atoms with Crippen molar-refractivity contribution in [3.63, 3.8) is 0 Å². The molecule has 0 aliphatic carbocycles. The molecule has 0 amide bonds. The molecule has 3 aromatic carbocycles. The van der Waals surface area contributed by atoms with E-state index in [1.54, 1.807) is 18.3 Å². The quantitative estimate of drug-likeness (QED) is 0.224. The number of carbonyl (C=O) groups is 1. The van der Waals surface area contributed by atoms with Gasteiger partial charge in [-0.3, -0.25) is 14.6 Å². The van der Waals surface area contributed by atoms with E-state index in [-0.39, 0.29) is 28.9 Å². The number of pyridine rings is 1. The van der Waals surface area contributed by atoms with Gasteiger partial charge < -0.3 is 19.4 Å². The Morgan fingerprint density at radius 1 is 0.912 bits per heavy atom. The van der Waals surface area contributed by atoms with E-state index in [9.17, 15) is 19.8 Å². The summed E-state index contributed by atoms with van der Waals surface area (Å²) in [6.07, 6.45) is 1.61. The molecule has 6 rings (SSSR count). The van der Waals surface area contributed by atoms with E-state index >= 15 is 0 Å². The molecular weight excluding hydrogens is 434 g/mol. The highest BCUT2D eigenvalue weighted by atomic mass is 16.5. The number of phenols is 2. The first kappa shape index (κ1) is 20.0. The lowest BCUT2D eigenvalue weighted by Gasteiger charge is -2.27. The van der Waals surface area contributed by atoms with Crippen LogP contribution in [0.4, 0.5) is 0 Å². The van der Waals surface area contributed by atoms with Gasteiger partial charge in [0.05, 0.1) is 17.5 Å². The first-order valence-corrected chi connectivity index (χ1v) is 10.7. The van der Waals surface area contributed by atoms with Crippen LogP contribution in [0.25, 0.3) is 33.2 Å². The van der Waals surface area contributed by atoms with Crippen molar-refractivity contribution in [3.8, 4) is 28.6 Å². The third-order valence-electron chi connectivity index (χ3n) is 6.15. The van der Waals surface area contributed by atoms with Gasteiger partial charge >= 0.3 is 5.97 Å². The molecule has 0 bridgehead atoms. The van der Waals surface area contributed by atoms with Crippen LogP contribution < -0.4 is 10.2 Å². The van der Waals surface area contributed by atoms with Gasteiger partial charge in [-0.1, -0.05) is 54.6 Å². The Labute approximate surface area is 192 Å². The van der Waals surface area contributed by atoms with E-state index in [4.69, 9.17) is 9.15 Å². The molecule has 166 valence electrons. The molecule has 3 heterocycles. The number of aromatic nitrogens is 1. The van der Waals surface area contributed by atoms with Crippen molar-refractivity contribution in [2.75, 3.05) is 0 Å². The van der Waals surface area contributed by atoms with E-state index < -0.39 is 28.8 Å². The summed E-state index contributed by atoms with van der Waals surface area (Å²) in [6.45, 7) is 0. The summed E-state index contributed by atoms with van der Waals surface area (Å²) in [5, 5.41) is 22.1. The zero-order chi connectivity index (χ0) is 23.4. The van der Waals surface area contributed by atoms with Crippen molar-refractivity contribution < 1.29 is 24.2 Å². The van der Waals surface area contributed by atoms with Crippen LogP contribution in [0.15, 0.2) is 82.1 Å². The zero-order valence-electron chi connectivity index (χ0n) is 17.7. The van der Waals surface area contributed by atoms with Crippen molar-refractivity contribution >= 4 is 27.8 Å². The minimum Gasteiger partial charge on any atom is -0.504 e. The van der Waals surface area contributed by atoms with Crippen LogP contribution in [0, 0.1) is 0 Å². The van der Waals surface area contributed by atoms with Crippen LogP contribution in [0.2, 0.25) is 0 Å². The summed E-state index contributed by atoms with van der Waals surface area (Å²) in [6, 6.07) is 19.7. The maximum atomic E-state index is 13.1. The molecule has 1 atom stereocenters. The number of para-hydroxylation sites is 1. The molecule has 5 aromatic rings. The summed E-state index contributed by atoms with van der Waals surface area (Å²) in [5.74, 6) is -2.50. The van der Waals surface area contributed by atoms with Gasteiger partial charge in [0.2, 0.25) is 5.75 Å². The summed E-state index contributed by atoms with van der Waals surface area (Å²) in [5.41, 5.74) is 1.91. The van der Waals surface area contributed by atoms with Crippen LogP contribution >= 0.6 is 0 Å². The molecule has 0 unspecified atom stereocenters. The normalized spacial score (nSPS) is 15.3. The van der Waals surface area contributed by atoms with Gasteiger partial charge in [-0.25, -0.2) is 0 Å². The molecule has 0 saturated heterocycles. The molecular formula is C27H17NO6. The average molecular weight is 451 g/mol. The van der Waals surface area contributed by atoms with E-state index in [1.165, 1.54) is 6.07 Å². The van der Waals surface area contributed by atoms with Crippen LogP contribution in [-0.2, 0) is 4.79 Å². The predicted molar refractivity (Wildman–Crippen MR) is 125 cm³/mol. The highest BCUT2D eigenvalue weighted by Crippen LogP contribution is 2.52. The van der Waals surface area contributed by atoms with Gasteiger partial charge in [0, 0.05) is 29.1 Å². The molecule has 2 N–H and O–H groups in total. The van der Waals surface area contributed by atoms with Gasteiger partial charge in [0.1, 0.15) is 16.7 Å². The molecule has 0 saturated carbocycles. The van der Waals surface area contributed by atoms with E-state index in [0.717, 1.165) is 10.9 Å². The second kappa shape index (κ2) is 7.45. The lowest BCUT2D eigenvalue weighted by molar-refractivity contribution is -0.135. The van der Waals surface area contributed by atoms with Crippen molar-refractivity contribution in [1.29, 1.82) is 0 Å². The second-order valence-corrected chi connectivity index (χ2v) is 8.14. The lowest BCUT2D eigenvalue weighted by Crippen LogP contribution is -2.22. The topological polar surface area (TPSA) is 110 Å². The van der Waals surface area contributed by atoms with Gasteiger partial charge in [-0.2, -0.15) is 0 Å². The summed E-state index contributed by atoms with van der Waals surface area (Å²) < 4.78 is 11.5. The maximum absolute atomic E-state index is 13.1. The molecule has 7 nitrogen and oxygen atoms in total. The van der Waals surface area contributed by atoms with Crippen molar-refractivity contribution in [2.45, 2.75) is 12.3 Å². The van der Waals surface area contributed by atoms with Crippen LogP contribution in [0.3, 0.4) is 0 Å². The predicted octanol–water partition coefficient (Wildman–Crippen LogP) is 4.86. The minimum absolute atomic E-state index is 0.0543. The minimum atomic E-state index is -0.688. The Kier molecular flexibility index (Phi) is 4.38. The lowest BCUT2D eigenvalue weighted by atomic mass is 9.83. The monoisotopic (exact) mass is 451 g/mol. The number of fused-ring (bicyclic) bond motifs is 4. The number of phenolic OH excluding ortho intramolecular Hbond substituents is 2. The fourth-order valence-electron chi connectivity index (χ4n) is 4.63. The van der Waals surface area contributed by atoms with Crippen molar-refractivity contribution in [1.82, 2.24) is 4.98 Å². The maximum Gasteiger partial charge on any atom is 0.312 e. The number of aromatic hydroxyl groups is 2. The molecule has 1 aliphatic heterocycles. The fraction of sp³-hybridized carbons (Fsp3) is 0.0741. The fourth-order valence-corrected chi connectivity index (χ4v) is 4.63. The summed E-state index contributed by atoms with van der Waals surface area (Å²) >= 11 is 0. The molecule has 0 spiro atoms. The first-order valence-electron chi connectivity index (χ1n) is 10.7. The molecule has 7 heteroatoms. The van der Waals surface area contributed by atoms with Crippen LogP contribution in [-0.4, -0.2) is 21.2 Å². The Bertz CT molecular complexity index is 1670. The Hall–Kier alpha value is -4.65.